The Morgan fingerprint density at radius 1 is 0.569 bits per heavy atom. The van der Waals surface area contributed by atoms with E-state index >= 15 is 0 Å². The van der Waals surface area contributed by atoms with Gasteiger partial charge in [0.2, 0.25) is 6.79 Å². The summed E-state index contributed by atoms with van der Waals surface area (Å²) >= 11 is 0. The Morgan fingerprint density at radius 3 is 1.38 bits per heavy atom. The lowest BCUT2D eigenvalue weighted by molar-refractivity contribution is -0.174. The van der Waals surface area contributed by atoms with Crippen LogP contribution in [0.1, 0.15) is 90.9 Å². The molecule has 0 aliphatic heterocycles. The number of carbonyl (C=O) groups is 8. The number of hydrogen-bond donors (Lipinski definition) is 4. The fourth-order valence-electron chi connectivity index (χ4n) is 5.45. The normalized spacial score (nSPS) is 12.7. The molecule has 4 unspecified atom stereocenters. The third-order valence-corrected chi connectivity index (χ3v) is 8.35. The SMILES string of the molecule is C=CCC(CC)C(=O)OCCOCCOC(=O)C(CC=C)CC(=O)CC(=O)CC(CCCN=C(N)N)C(=O)OCOC(=O)C(CCCN=C(N)N)CC(=O)CC(C)=O. The highest BCUT2D eigenvalue weighted by Gasteiger charge is 2.28. The number of ketones is 4. The molecule has 0 rings (SSSR count). The molecule has 0 aromatic carbocycles. The summed E-state index contributed by atoms with van der Waals surface area (Å²) < 4.78 is 26.1. The van der Waals surface area contributed by atoms with Gasteiger partial charge in [0, 0.05) is 32.4 Å². The number of nitrogens with zero attached hydrogens (tertiary/aromatic N) is 2. The van der Waals surface area contributed by atoms with Crippen molar-refractivity contribution in [1.29, 1.82) is 0 Å². The molecule has 0 saturated heterocycles. The Morgan fingerprint density at radius 2 is 0.966 bits per heavy atom. The first-order valence-corrected chi connectivity index (χ1v) is 19.2. The van der Waals surface area contributed by atoms with Gasteiger partial charge in [-0.25, -0.2) is 0 Å². The lowest BCUT2D eigenvalue weighted by atomic mass is 9.92. The maximum Gasteiger partial charge on any atom is 0.312 e. The van der Waals surface area contributed by atoms with Crippen molar-refractivity contribution in [2.45, 2.75) is 90.9 Å². The van der Waals surface area contributed by atoms with Crippen molar-refractivity contribution in [3.63, 3.8) is 0 Å². The van der Waals surface area contributed by atoms with Crippen LogP contribution in [-0.4, -0.2) is 105 Å². The molecule has 0 radical (unpaired) electrons. The average Bonchev–Trinajstić information content (AvgIpc) is 3.14. The van der Waals surface area contributed by atoms with Gasteiger partial charge in [-0.2, -0.15) is 0 Å². The van der Waals surface area contributed by atoms with E-state index in [1.807, 2.05) is 6.92 Å². The second-order valence-corrected chi connectivity index (χ2v) is 13.4. The molecule has 326 valence electrons. The van der Waals surface area contributed by atoms with E-state index in [1.54, 1.807) is 6.08 Å². The monoisotopic (exact) mass is 822 g/mol. The van der Waals surface area contributed by atoms with Gasteiger partial charge in [0.1, 0.15) is 36.3 Å². The Bertz CT molecular complexity index is 1440. The summed E-state index contributed by atoms with van der Waals surface area (Å²) in [6.07, 6.45) is 3.12. The van der Waals surface area contributed by atoms with E-state index in [2.05, 4.69) is 23.1 Å². The van der Waals surface area contributed by atoms with Gasteiger partial charge in [0.15, 0.2) is 11.9 Å². The molecule has 58 heavy (non-hydrogen) atoms. The number of aliphatic imine (C=N–C) groups is 2. The number of nitrogens with two attached hydrogens (primary N) is 4. The molecular formula is C39H62N6O13. The van der Waals surface area contributed by atoms with E-state index < -0.39 is 72.6 Å². The van der Waals surface area contributed by atoms with E-state index in [1.165, 1.54) is 13.0 Å². The molecule has 0 amide bonds. The van der Waals surface area contributed by atoms with Crippen molar-refractivity contribution in [3.8, 4) is 0 Å². The zero-order valence-corrected chi connectivity index (χ0v) is 33.8. The van der Waals surface area contributed by atoms with Crippen LogP contribution in [0, 0.1) is 23.7 Å². The standard InChI is InChI=1S/C39H62N6O13/c1-5-10-27(7-3)34(50)55-18-16-54-17-19-56-35(51)28(11-6-2)21-32(48)24-33(49)23-30(13-9-15-45-39(42)43)37(53)58-25-57-36(52)29(12-8-14-44-38(40)41)22-31(47)20-26(4)46/h5-6,27-30H,1-2,7-25H2,3-4H3,(H4,40,41,44)(H4,42,43,45). The lowest BCUT2D eigenvalue weighted by Gasteiger charge is -2.18. The number of ether oxygens (including phenoxy) is 5. The Labute approximate surface area is 339 Å². The third kappa shape index (κ3) is 26.4. The summed E-state index contributed by atoms with van der Waals surface area (Å²) in [7, 11) is 0. The minimum Gasteiger partial charge on any atom is -0.463 e. The molecule has 0 saturated carbocycles. The van der Waals surface area contributed by atoms with E-state index in [0.717, 1.165) is 0 Å². The minimum atomic E-state index is -1.07. The number of hydrogen-bond acceptors (Lipinski definition) is 15. The van der Waals surface area contributed by atoms with Crippen molar-refractivity contribution in [1.82, 2.24) is 0 Å². The first-order valence-electron chi connectivity index (χ1n) is 19.2. The largest absolute Gasteiger partial charge is 0.463 e. The van der Waals surface area contributed by atoms with Crippen molar-refractivity contribution in [2.24, 2.45) is 56.6 Å². The number of Topliss-reactive ketones (excluding diaryl/α,β-unsaturated/α-hetero) is 4. The molecule has 0 heterocycles. The Kier molecular flexibility index (Phi) is 28.6. The van der Waals surface area contributed by atoms with E-state index in [4.69, 9.17) is 46.6 Å². The molecule has 4 atom stereocenters. The minimum absolute atomic E-state index is 0.0162. The molecule has 0 bridgehead atoms. The highest BCUT2D eigenvalue weighted by molar-refractivity contribution is 6.01. The second-order valence-electron chi connectivity index (χ2n) is 13.4. The molecule has 0 aromatic rings. The molecule has 19 nitrogen and oxygen atoms in total. The zero-order valence-electron chi connectivity index (χ0n) is 33.8. The van der Waals surface area contributed by atoms with Crippen LogP contribution in [0.15, 0.2) is 35.3 Å². The van der Waals surface area contributed by atoms with Crippen molar-refractivity contribution >= 4 is 58.9 Å². The van der Waals surface area contributed by atoms with Crippen LogP contribution in [0.2, 0.25) is 0 Å². The number of esters is 4. The number of rotatable bonds is 35. The van der Waals surface area contributed by atoms with Gasteiger partial charge in [-0.1, -0.05) is 19.1 Å². The van der Waals surface area contributed by atoms with E-state index in [9.17, 15) is 38.4 Å². The quantitative estimate of drug-likeness (QED) is 0.0103. The highest BCUT2D eigenvalue weighted by atomic mass is 16.7. The molecule has 0 spiro atoms. The topological polar surface area (TPSA) is 312 Å². The molecule has 0 aliphatic rings. The van der Waals surface area contributed by atoms with Crippen LogP contribution < -0.4 is 22.9 Å². The zero-order chi connectivity index (χ0) is 43.9. The number of allylic oxidation sites excluding steroid dienone is 2. The first kappa shape index (κ1) is 52.5. The number of guanidine groups is 2. The first-order chi connectivity index (χ1) is 27.5. The van der Waals surface area contributed by atoms with Crippen molar-refractivity contribution < 1.29 is 62.0 Å². The van der Waals surface area contributed by atoms with Crippen molar-refractivity contribution in [3.05, 3.63) is 25.3 Å². The van der Waals surface area contributed by atoms with Crippen LogP contribution >= 0.6 is 0 Å². The van der Waals surface area contributed by atoms with Crippen LogP contribution in [0.3, 0.4) is 0 Å². The third-order valence-electron chi connectivity index (χ3n) is 8.35. The molecule has 19 heteroatoms. The predicted molar refractivity (Wildman–Crippen MR) is 212 cm³/mol. The molecule has 0 aliphatic carbocycles. The smallest absolute Gasteiger partial charge is 0.312 e. The molecule has 0 aromatic heterocycles. The van der Waals surface area contributed by atoms with Crippen LogP contribution in [0.4, 0.5) is 0 Å². The van der Waals surface area contributed by atoms with E-state index in [-0.39, 0.29) is 114 Å². The van der Waals surface area contributed by atoms with Crippen LogP contribution in [0.25, 0.3) is 0 Å². The van der Waals surface area contributed by atoms with Gasteiger partial charge >= 0.3 is 23.9 Å². The van der Waals surface area contributed by atoms with Crippen LogP contribution in [-0.2, 0) is 62.0 Å². The summed E-state index contributed by atoms with van der Waals surface area (Å²) in [6, 6.07) is 0. The van der Waals surface area contributed by atoms with Gasteiger partial charge in [0.25, 0.3) is 0 Å². The van der Waals surface area contributed by atoms with Gasteiger partial charge in [-0.15, -0.1) is 13.2 Å². The van der Waals surface area contributed by atoms with Crippen LogP contribution in [0.5, 0.6) is 0 Å². The summed E-state index contributed by atoms with van der Waals surface area (Å²) in [5.74, 6) is -8.37. The van der Waals surface area contributed by atoms with Gasteiger partial charge in [0.05, 0.1) is 49.7 Å². The lowest BCUT2D eigenvalue weighted by Crippen LogP contribution is -2.27. The summed E-state index contributed by atoms with van der Waals surface area (Å²) in [5, 5.41) is 0. The highest BCUT2D eigenvalue weighted by Crippen LogP contribution is 2.20. The Hall–Kier alpha value is -5.46. The predicted octanol–water partition coefficient (Wildman–Crippen LogP) is 1.51. The maximum atomic E-state index is 13.1. The van der Waals surface area contributed by atoms with E-state index in [0.29, 0.717) is 19.3 Å². The summed E-state index contributed by atoms with van der Waals surface area (Å²) in [4.78, 5) is 108. The van der Waals surface area contributed by atoms with Crippen molar-refractivity contribution in [2.75, 3.05) is 46.3 Å². The second kappa shape index (κ2) is 31.6. The Balaban J connectivity index is 5.22. The molecular weight excluding hydrogens is 760 g/mol. The fourth-order valence-corrected chi connectivity index (χ4v) is 5.45. The summed E-state index contributed by atoms with van der Waals surface area (Å²) in [5.41, 5.74) is 21.4. The molecule has 0 fully saturated rings. The van der Waals surface area contributed by atoms with Gasteiger partial charge in [-0.05, 0) is 51.9 Å². The fraction of sp³-hybridized carbons (Fsp3) is 0.641. The number of carbonyl (C=O) groups excluding carboxylic acids is 8. The maximum absolute atomic E-state index is 13.1. The molecule has 8 N–H and O–H groups in total. The average molecular weight is 823 g/mol. The van der Waals surface area contributed by atoms with Gasteiger partial charge < -0.3 is 46.6 Å². The van der Waals surface area contributed by atoms with Gasteiger partial charge in [-0.3, -0.25) is 48.3 Å². The summed E-state index contributed by atoms with van der Waals surface area (Å²) in [6.45, 7) is 9.84.